The number of rotatable bonds is 3. The summed E-state index contributed by atoms with van der Waals surface area (Å²) < 4.78 is 0. The normalized spacial score (nSPS) is 19.4. The van der Waals surface area contributed by atoms with Crippen molar-refractivity contribution in [3.05, 3.63) is 34.9 Å². The van der Waals surface area contributed by atoms with Gasteiger partial charge in [-0.15, -0.1) is 0 Å². The molecular formula is C15H20N4O. The lowest BCUT2D eigenvalue weighted by Gasteiger charge is -2.35. The number of nitriles is 1. The molecule has 1 aliphatic rings. The first-order chi connectivity index (χ1) is 9.65. The molecule has 5 heteroatoms. The minimum Gasteiger partial charge on any atom is -0.358 e. The molecule has 1 unspecified atom stereocenters. The van der Waals surface area contributed by atoms with Crippen LogP contribution >= 0.6 is 0 Å². The highest BCUT2D eigenvalue weighted by atomic mass is 16.2. The fourth-order valence-electron chi connectivity index (χ4n) is 2.52. The molecule has 1 saturated heterocycles. The Kier molecular flexibility index (Phi) is 4.72. The third-order valence-corrected chi connectivity index (χ3v) is 3.75. The molecule has 1 aromatic rings. The molecule has 0 saturated carbocycles. The summed E-state index contributed by atoms with van der Waals surface area (Å²) in [7, 11) is 1.67. The number of amides is 1. The molecule has 1 heterocycles. The van der Waals surface area contributed by atoms with Gasteiger partial charge in [0.2, 0.25) is 5.91 Å². The van der Waals surface area contributed by atoms with Crippen LogP contribution in [0.15, 0.2) is 18.2 Å². The molecule has 1 amide bonds. The van der Waals surface area contributed by atoms with E-state index in [-0.39, 0.29) is 11.9 Å². The Balaban J connectivity index is 2.15. The average Bonchev–Trinajstić information content (AvgIpc) is 2.49. The van der Waals surface area contributed by atoms with Crippen LogP contribution in [0.2, 0.25) is 0 Å². The van der Waals surface area contributed by atoms with Crippen molar-refractivity contribution in [2.75, 3.05) is 26.7 Å². The lowest BCUT2D eigenvalue weighted by atomic mass is 10.0. The van der Waals surface area contributed by atoms with Crippen molar-refractivity contribution in [1.29, 1.82) is 5.26 Å². The van der Waals surface area contributed by atoms with Gasteiger partial charge in [-0.25, -0.2) is 0 Å². The second-order valence-corrected chi connectivity index (χ2v) is 5.06. The maximum Gasteiger partial charge on any atom is 0.238 e. The van der Waals surface area contributed by atoms with E-state index >= 15 is 0 Å². The van der Waals surface area contributed by atoms with E-state index in [2.05, 4.69) is 21.6 Å². The molecule has 0 aromatic heterocycles. The molecule has 0 radical (unpaired) electrons. The summed E-state index contributed by atoms with van der Waals surface area (Å²) in [6.45, 7) is 5.15. The number of carbonyl (C=O) groups is 1. The largest absolute Gasteiger partial charge is 0.358 e. The first kappa shape index (κ1) is 14.5. The Labute approximate surface area is 119 Å². The quantitative estimate of drug-likeness (QED) is 0.835. The predicted octanol–water partition coefficient (Wildman–Crippen LogP) is 0.387. The molecule has 20 heavy (non-hydrogen) atoms. The van der Waals surface area contributed by atoms with Crippen molar-refractivity contribution in [3.63, 3.8) is 0 Å². The third kappa shape index (κ3) is 3.16. The second kappa shape index (κ2) is 6.51. The molecule has 1 aromatic carbocycles. The highest BCUT2D eigenvalue weighted by molar-refractivity contribution is 5.81. The van der Waals surface area contributed by atoms with E-state index in [1.807, 2.05) is 25.1 Å². The van der Waals surface area contributed by atoms with Crippen LogP contribution in [-0.4, -0.2) is 43.5 Å². The zero-order chi connectivity index (χ0) is 14.5. The van der Waals surface area contributed by atoms with Crippen molar-refractivity contribution in [2.24, 2.45) is 0 Å². The SMILES string of the molecule is CNC(=O)C1CNCCN1Cc1ccc(C#N)cc1C. The molecule has 106 valence electrons. The van der Waals surface area contributed by atoms with Gasteiger partial charge in [-0.1, -0.05) is 6.07 Å². The molecule has 0 spiro atoms. The zero-order valence-electron chi connectivity index (χ0n) is 11.9. The highest BCUT2D eigenvalue weighted by Gasteiger charge is 2.27. The number of nitrogens with zero attached hydrogens (tertiary/aromatic N) is 2. The summed E-state index contributed by atoms with van der Waals surface area (Å²) in [5.74, 6) is 0.0449. The maximum absolute atomic E-state index is 11.9. The van der Waals surface area contributed by atoms with Crippen molar-refractivity contribution < 1.29 is 4.79 Å². The van der Waals surface area contributed by atoms with Gasteiger partial charge in [0.15, 0.2) is 0 Å². The van der Waals surface area contributed by atoms with Gasteiger partial charge in [-0.3, -0.25) is 9.69 Å². The van der Waals surface area contributed by atoms with Crippen LogP contribution in [0.1, 0.15) is 16.7 Å². The molecule has 0 aliphatic carbocycles. The molecule has 1 aliphatic heterocycles. The van der Waals surface area contributed by atoms with E-state index in [1.165, 1.54) is 5.56 Å². The van der Waals surface area contributed by atoms with Crippen LogP contribution < -0.4 is 10.6 Å². The molecule has 1 fully saturated rings. The molecule has 0 bridgehead atoms. The number of hydrogen-bond donors (Lipinski definition) is 2. The number of hydrogen-bond acceptors (Lipinski definition) is 4. The van der Waals surface area contributed by atoms with Crippen LogP contribution in [0.3, 0.4) is 0 Å². The van der Waals surface area contributed by atoms with Gasteiger partial charge in [-0.05, 0) is 30.2 Å². The van der Waals surface area contributed by atoms with Crippen molar-refractivity contribution >= 4 is 5.91 Å². The number of nitrogens with one attached hydrogen (secondary N) is 2. The van der Waals surface area contributed by atoms with E-state index in [4.69, 9.17) is 5.26 Å². The topological polar surface area (TPSA) is 68.2 Å². The van der Waals surface area contributed by atoms with Crippen molar-refractivity contribution in [1.82, 2.24) is 15.5 Å². The summed E-state index contributed by atoms with van der Waals surface area (Å²) in [5.41, 5.74) is 2.94. The maximum atomic E-state index is 11.9. The standard InChI is InChI=1S/C15H20N4O/c1-11-7-12(8-16)3-4-13(11)10-19-6-5-18-9-14(19)15(20)17-2/h3-4,7,14,18H,5-6,9-10H2,1-2H3,(H,17,20). The summed E-state index contributed by atoms with van der Waals surface area (Å²) >= 11 is 0. The second-order valence-electron chi connectivity index (χ2n) is 5.06. The van der Waals surface area contributed by atoms with Crippen molar-refractivity contribution in [2.45, 2.75) is 19.5 Å². The van der Waals surface area contributed by atoms with Crippen LogP contribution in [0.4, 0.5) is 0 Å². The van der Waals surface area contributed by atoms with Crippen LogP contribution in [-0.2, 0) is 11.3 Å². The summed E-state index contributed by atoms with van der Waals surface area (Å²) in [6, 6.07) is 7.72. The van der Waals surface area contributed by atoms with Gasteiger partial charge in [0.1, 0.15) is 6.04 Å². The van der Waals surface area contributed by atoms with Gasteiger partial charge in [-0.2, -0.15) is 5.26 Å². The van der Waals surface area contributed by atoms with Gasteiger partial charge >= 0.3 is 0 Å². The molecule has 2 rings (SSSR count). The minimum absolute atomic E-state index is 0.0449. The van der Waals surface area contributed by atoms with Crippen LogP contribution in [0, 0.1) is 18.3 Å². The fourth-order valence-corrected chi connectivity index (χ4v) is 2.52. The summed E-state index contributed by atoms with van der Waals surface area (Å²) in [6.07, 6.45) is 0. The van der Waals surface area contributed by atoms with Gasteiger partial charge < -0.3 is 10.6 Å². The summed E-state index contributed by atoms with van der Waals surface area (Å²) in [5, 5.41) is 14.9. The van der Waals surface area contributed by atoms with Gasteiger partial charge in [0.25, 0.3) is 0 Å². The zero-order valence-corrected chi connectivity index (χ0v) is 11.9. The number of benzene rings is 1. The van der Waals surface area contributed by atoms with Crippen molar-refractivity contribution in [3.8, 4) is 6.07 Å². The van der Waals surface area contributed by atoms with Gasteiger partial charge in [0, 0.05) is 33.2 Å². The third-order valence-electron chi connectivity index (χ3n) is 3.75. The smallest absolute Gasteiger partial charge is 0.238 e. The fraction of sp³-hybridized carbons (Fsp3) is 0.467. The van der Waals surface area contributed by atoms with E-state index in [1.54, 1.807) is 7.05 Å². The highest BCUT2D eigenvalue weighted by Crippen LogP contribution is 2.16. The molecular weight excluding hydrogens is 252 g/mol. The Hall–Kier alpha value is -1.90. The minimum atomic E-state index is -0.135. The van der Waals surface area contributed by atoms with E-state index in [9.17, 15) is 4.79 Å². The molecule has 1 atom stereocenters. The Morgan fingerprint density at radius 1 is 1.60 bits per heavy atom. The van der Waals surface area contributed by atoms with Gasteiger partial charge in [0.05, 0.1) is 11.6 Å². The molecule has 2 N–H and O–H groups in total. The number of likely N-dealkylation sites (N-methyl/N-ethyl adjacent to an activating group) is 1. The summed E-state index contributed by atoms with van der Waals surface area (Å²) in [4.78, 5) is 14.1. The first-order valence-corrected chi connectivity index (χ1v) is 6.81. The first-order valence-electron chi connectivity index (χ1n) is 6.81. The Bertz CT molecular complexity index is 535. The lowest BCUT2D eigenvalue weighted by molar-refractivity contribution is -0.126. The van der Waals surface area contributed by atoms with E-state index in [0.717, 1.165) is 25.2 Å². The monoisotopic (exact) mass is 272 g/mol. The predicted molar refractivity (Wildman–Crippen MR) is 77.0 cm³/mol. The van der Waals surface area contributed by atoms with E-state index < -0.39 is 0 Å². The molecule has 5 nitrogen and oxygen atoms in total. The number of aryl methyl sites for hydroxylation is 1. The van der Waals surface area contributed by atoms with Crippen LogP contribution in [0.5, 0.6) is 0 Å². The number of piperazine rings is 1. The van der Waals surface area contributed by atoms with E-state index in [0.29, 0.717) is 12.1 Å². The Morgan fingerprint density at radius 2 is 2.40 bits per heavy atom. The van der Waals surface area contributed by atoms with Crippen LogP contribution in [0.25, 0.3) is 0 Å². The number of carbonyl (C=O) groups excluding carboxylic acids is 1. The Morgan fingerprint density at radius 3 is 3.05 bits per heavy atom. The average molecular weight is 272 g/mol. The lowest BCUT2D eigenvalue weighted by Crippen LogP contribution is -2.56.